The van der Waals surface area contributed by atoms with Gasteiger partial charge < -0.3 is 9.63 Å². The van der Waals surface area contributed by atoms with Gasteiger partial charge in [-0.2, -0.15) is 0 Å². The van der Waals surface area contributed by atoms with Crippen LogP contribution < -0.4 is 4.52 Å². The molecule has 0 fully saturated rings. The minimum Gasteiger partial charge on any atom is -0.481 e. The van der Waals surface area contributed by atoms with Crippen LogP contribution in [0.1, 0.15) is 110 Å². The monoisotopic (exact) mass is 503 g/mol. The second-order valence-electron chi connectivity index (χ2n) is 8.43. The summed E-state index contributed by atoms with van der Waals surface area (Å²) in [5.41, 5.74) is -0.178. The fourth-order valence-electron chi connectivity index (χ4n) is 3.41. The van der Waals surface area contributed by atoms with E-state index in [1.54, 1.807) is 0 Å². The number of nitro groups is 1. The number of unbranched alkanes of at least 4 members (excludes halogenated alkanes) is 14. The SMILES string of the molecule is CCCCCCCCCCCCCCCCCC(=O)O.O=[N+]([O-])c1ccc(OP(=O)(O)O)cc1. The molecule has 0 saturated heterocycles. The summed E-state index contributed by atoms with van der Waals surface area (Å²) in [5, 5.41) is 18.7. The molecule has 0 bridgehead atoms. The van der Waals surface area contributed by atoms with Crippen LogP contribution in [0.15, 0.2) is 24.3 Å². The molecule has 0 heterocycles. The molecule has 0 aliphatic carbocycles. The summed E-state index contributed by atoms with van der Waals surface area (Å²) in [4.78, 5) is 36.7. The lowest BCUT2D eigenvalue weighted by molar-refractivity contribution is -0.384. The van der Waals surface area contributed by atoms with Crippen LogP contribution in [0.3, 0.4) is 0 Å². The van der Waals surface area contributed by atoms with Crippen molar-refractivity contribution in [1.29, 1.82) is 0 Å². The zero-order valence-corrected chi connectivity index (χ0v) is 21.3. The van der Waals surface area contributed by atoms with E-state index in [0.717, 1.165) is 37.1 Å². The Bertz CT molecular complexity index is 705. The standard InChI is InChI=1S/C18H36O2.C6H6NO6P/c1-2-3-4-5-6-7-8-9-10-11-12-13-14-15-16-17-18(19)20;8-7(9)5-1-3-6(4-2-5)13-14(10,11)12/h2-17H2,1H3,(H,19,20);1-4H,(H2,10,11,12). The number of phosphoric acid groups is 1. The molecule has 9 nitrogen and oxygen atoms in total. The minimum atomic E-state index is -4.60. The van der Waals surface area contributed by atoms with E-state index >= 15 is 0 Å². The Morgan fingerprint density at radius 1 is 0.824 bits per heavy atom. The van der Waals surface area contributed by atoms with E-state index in [0.29, 0.717) is 6.42 Å². The van der Waals surface area contributed by atoms with Gasteiger partial charge in [0.05, 0.1) is 4.92 Å². The van der Waals surface area contributed by atoms with Crippen LogP contribution in [0.2, 0.25) is 0 Å². The van der Waals surface area contributed by atoms with Crippen LogP contribution in [-0.4, -0.2) is 25.8 Å². The fourth-order valence-corrected chi connectivity index (χ4v) is 3.81. The van der Waals surface area contributed by atoms with Gasteiger partial charge in [-0.1, -0.05) is 96.8 Å². The Hall–Kier alpha value is -1.96. The highest BCUT2D eigenvalue weighted by atomic mass is 31.2. The molecule has 0 aliphatic heterocycles. The molecule has 0 atom stereocenters. The van der Waals surface area contributed by atoms with E-state index in [2.05, 4.69) is 11.4 Å². The van der Waals surface area contributed by atoms with Gasteiger partial charge in [-0.3, -0.25) is 24.7 Å². The molecule has 10 heteroatoms. The van der Waals surface area contributed by atoms with Crippen molar-refractivity contribution in [3.05, 3.63) is 34.4 Å². The number of phosphoric ester groups is 1. The fraction of sp³-hybridized carbons (Fsp3) is 0.708. The predicted molar refractivity (Wildman–Crippen MR) is 133 cm³/mol. The summed E-state index contributed by atoms with van der Waals surface area (Å²) in [5.74, 6) is -0.774. The first-order chi connectivity index (χ1) is 16.2. The van der Waals surface area contributed by atoms with E-state index in [-0.39, 0.29) is 11.4 Å². The summed E-state index contributed by atoms with van der Waals surface area (Å²) in [6, 6.07) is 4.39. The van der Waals surface area contributed by atoms with Crippen molar-refractivity contribution >= 4 is 19.5 Å². The normalized spacial score (nSPS) is 10.9. The van der Waals surface area contributed by atoms with Crippen LogP contribution >= 0.6 is 7.82 Å². The highest BCUT2D eigenvalue weighted by molar-refractivity contribution is 7.46. The molecule has 0 aromatic heterocycles. The van der Waals surface area contributed by atoms with Crippen molar-refractivity contribution in [2.45, 2.75) is 110 Å². The molecule has 0 aliphatic rings. The van der Waals surface area contributed by atoms with E-state index in [9.17, 15) is 19.5 Å². The minimum absolute atomic E-state index is 0.121. The number of hydrogen-bond acceptors (Lipinski definition) is 5. The molecule has 3 N–H and O–H groups in total. The Morgan fingerprint density at radius 2 is 1.21 bits per heavy atom. The van der Waals surface area contributed by atoms with E-state index < -0.39 is 18.7 Å². The van der Waals surface area contributed by atoms with E-state index in [1.165, 1.54) is 83.5 Å². The van der Waals surface area contributed by atoms with Gasteiger partial charge in [0.1, 0.15) is 5.75 Å². The van der Waals surface area contributed by atoms with Crippen LogP contribution in [0, 0.1) is 10.1 Å². The van der Waals surface area contributed by atoms with Gasteiger partial charge in [-0.05, 0) is 18.6 Å². The van der Waals surface area contributed by atoms with Gasteiger partial charge in [-0.15, -0.1) is 0 Å². The number of carboxylic acid groups (broad SMARTS) is 1. The largest absolute Gasteiger partial charge is 0.524 e. The molecule has 34 heavy (non-hydrogen) atoms. The average molecular weight is 504 g/mol. The highest BCUT2D eigenvalue weighted by Gasteiger charge is 2.16. The maximum Gasteiger partial charge on any atom is 0.524 e. The van der Waals surface area contributed by atoms with Gasteiger partial charge in [0.25, 0.3) is 5.69 Å². The maximum absolute atomic E-state index is 10.4. The quantitative estimate of drug-likeness (QED) is 0.0765. The van der Waals surface area contributed by atoms with Crippen LogP contribution in [-0.2, 0) is 9.36 Å². The molecule has 0 amide bonds. The third-order valence-electron chi connectivity index (χ3n) is 5.27. The zero-order chi connectivity index (χ0) is 25.7. The van der Waals surface area contributed by atoms with Gasteiger partial charge >= 0.3 is 13.8 Å². The number of hydrogen-bond donors (Lipinski definition) is 3. The second-order valence-corrected chi connectivity index (χ2v) is 9.59. The number of nitro benzene ring substituents is 1. The molecular formula is C24H42NO8P. The number of carboxylic acids is 1. The molecule has 0 unspecified atom stereocenters. The lowest BCUT2D eigenvalue weighted by Crippen LogP contribution is -1.93. The van der Waals surface area contributed by atoms with Crippen LogP contribution in [0.25, 0.3) is 0 Å². The van der Waals surface area contributed by atoms with Crippen molar-refractivity contribution in [3.63, 3.8) is 0 Å². The molecule has 0 radical (unpaired) electrons. The third kappa shape index (κ3) is 21.9. The zero-order valence-electron chi connectivity index (χ0n) is 20.4. The van der Waals surface area contributed by atoms with E-state index in [4.69, 9.17) is 14.9 Å². The predicted octanol–water partition coefficient (Wildman–Crippen LogP) is 7.40. The molecule has 1 aromatic carbocycles. The van der Waals surface area contributed by atoms with Gasteiger partial charge in [-0.25, -0.2) is 4.57 Å². The molecule has 1 aromatic rings. The topological polar surface area (TPSA) is 147 Å². The summed E-state index contributed by atoms with van der Waals surface area (Å²) in [6.07, 6.45) is 20.2. The van der Waals surface area contributed by atoms with E-state index in [1.807, 2.05) is 0 Å². The van der Waals surface area contributed by atoms with Gasteiger partial charge in [0, 0.05) is 18.6 Å². The van der Waals surface area contributed by atoms with Crippen molar-refractivity contribution in [2.24, 2.45) is 0 Å². The molecule has 0 saturated carbocycles. The first kappa shape index (κ1) is 32.0. The average Bonchev–Trinajstić information content (AvgIpc) is 2.76. The third-order valence-corrected chi connectivity index (χ3v) is 5.71. The molecule has 1 rings (SSSR count). The smallest absolute Gasteiger partial charge is 0.481 e. The number of carbonyl (C=O) groups is 1. The lowest BCUT2D eigenvalue weighted by atomic mass is 10.0. The highest BCUT2D eigenvalue weighted by Crippen LogP contribution is 2.37. The number of aliphatic carboxylic acids is 1. The van der Waals surface area contributed by atoms with Crippen molar-refractivity contribution in [1.82, 2.24) is 0 Å². The Labute approximate surface area is 203 Å². The summed E-state index contributed by atoms with van der Waals surface area (Å²) < 4.78 is 14.5. The van der Waals surface area contributed by atoms with Crippen molar-refractivity contribution in [3.8, 4) is 5.75 Å². The lowest BCUT2D eigenvalue weighted by Gasteiger charge is -2.05. The van der Waals surface area contributed by atoms with Crippen molar-refractivity contribution < 1.29 is 33.7 Å². The number of rotatable bonds is 19. The van der Waals surface area contributed by atoms with Crippen LogP contribution in [0.4, 0.5) is 5.69 Å². The second kappa shape index (κ2) is 20.4. The molecule has 0 spiro atoms. The Kier molecular flexibility index (Phi) is 19.2. The van der Waals surface area contributed by atoms with Gasteiger partial charge in [0.15, 0.2) is 0 Å². The summed E-state index contributed by atoms with van der Waals surface area (Å²) >= 11 is 0. The first-order valence-corrected chi connectivity index (χ1v) is 13.9. The maximum atomic E-state index is 10.4. The Balaban J connectivity index is 0.000000679. The summed E-state index contributed by atoms with van der Waals surface area (Å²) in [6.45, 7) is 2.27. The van der Waals surface area contributed by atoms with Crippen molar-refractivity contribution in [2.75, 3.05) is 0 Å². The molecule has 196 valence electrons. The molecular weight excluding hydrogens is 461 g/mol. The van der Waals surface area contributed by atoms with Crippen LogP contribution in [0.5, 0.6) is 5.75 Å². The number of nitrogens with zero attached hydrogens (tertiary/aromatic N) is 1. The van der Waals surface area contributed by atoms with Gasteiger partial charge in [0.2, 0.25) is 0 Å². The number of benzene rings is 1. The Morgan fingerprint density at radius 3 is 1.53 bits per heavy atom. The summed E-state index contributed by atoms with van der Waals surface area (Å²) in [7, 11) is -4.60. The number of non-ortho nitro benzene ring substituents is 1. The first-order valence-electron chi connectivity index (χ1n) is 12.4.